The Morgan fingerprint density at radius 3 is 2.47 bits per heavy atom. The molecule has 0 saturated carbocycles. The molecule has 1 aromatic heterocycles. The summed E-state index contributed by atoms with van der Waals surface area (Å²) in [7, 11) is 1.85. The van der Waals surface area contributed by atoms with Crippen molar-refractivity contribution in [2.24, 2.45) is 0 Å². The van der Waals surface area contributed by atoms with Crippen LogP contribution in [-0.4, -0.2) is 17.0 Å². The fourth-order valence-corrected chi connectivity index (χ4v) is 3.49. The molecule has 100 valence electrons. The summed E-state index contributed by atoms with van der Waals surface area (Å²) < 4.78 is 0.923. The molecule has 0 unspecified atom stereocenters. The molecule has 0 aliphatic heterocycles. The van der Waals surface area contributed by atoms with Crippen molar-refractivity contribution in [1.82, 2.24) is 9.97 Å². The molecule has 19 heavy (non-hydrogen) atoms. The van der Waals surface area contributed by atoms with Crippen LogP contribution in [0.1, 0.15) is 16.7 Å². The van der Waals surface area contributed by atoms with Crippen LogP contribution in [0.4, 0.5) is 5.82 Å². The SMILES string of the molecule is CNc1ncnc(SCc2cc(C)cc(C)c2)c1Br. The van der Waals surface area contributed by atoms with Crippen LogP contribution in [0.2, 0.25) is 0 Å². The zero-order chi connectivity index (χ0) is 13.8. The van der Waals surface area contributed by atoms with E-state index in [1.165, 1.54) is 16.7 Å². The highest BCUT2D eigenvalue weighted by Crippen LogP contribution is 2.32. The highest BCUT2D eigenvalue weighted by Gasteiger charge is 2.08. The Hall–Kier alpha value is -1.07. The second-order valence-electron chi connectivity index (χ2n) is 4.38. The Labute approximate surface area is 126 Å². The Morgan fingerprint density at radius 2 is 1.84 bits per heavy atom. The number of nitrogens with one attached hydrogen (secondary N) is 1. The highest BCUT2D eigenvalue weighted by atomic mass is 79.9. The van der Waals surface area contributed by atoms with E-state index in [4.69, 9.17) is 0 Å². The van der Waals surface area contributed by atoms with Gasteiger partial charge >= 0.3 is 0 Å². The Bertz CT molecular complexity index is 567. The number of aryl methyl sites for hydroxylation is 2. The van der Waals surface area contributed by atoms with Crippen molar-refractivity contribution < 1.29 is 0 Å². The number of nitrogens with zero attached hydrogens (tertiary/aromatic N) is 2. The molecule has 0 saturated heterocycles. The molecule has 0 spiro atoms. The quantitative estimate of drug-likeness (QED) is 0.670. The molecule has 2 aromatic rings. The normalized spacial score (nSPS) is 10.5. The van der Waals surface area contributed by atoms with Crippen molar-refractivity contribution in [3.8, 4) is 0 Å². The fraction of sp³-hybridized carbons (Fsp3) is 0.286. The summed E-state index contributed by atoms with van der Waals surface area (Å²) in [6.45, 7) is 4.25. The van der Waals surface area contributed by atoms with Gasteiger partial charge in [-0.05, 0) is 35.3 Å². The van der Waals surface area contributed by atoms with E-state index in [0.29, 0.717) is 0 Å². The molecule has 1 heterocycles. The third-order valence-electron chi connectivity index (χ3n) is 2.65. The van der Waals surface area contributed by atoms with E-state index in [2.05, 4.69) is 63.3 Å². The third kappa shape index (κ3) is 3.70. The fourth-order valence-electron chi connectivity index (χ4n) is 1.93. The lowest BCUT2D eigenvalue weighted by atomic mass is 10.1. The maximum Gasteiger partial charge on any atom is 0.144 e. The molecule has 0 aliphatic rings. The maximum absolute atomic E-state index is 4.31. The molecular weight excluding hydrogens is 322 g/mol. The average Bonchev–Trinajstić information content (AvgIpc) is 2.36. The van der Waals surface area contributed by atoms with Gasteiger partial charge in [0.2, 0.25) is 0 Å². The number of aromatic nitrogens is 2. The van der Waals surface area contributed by atoms with Gasteiger partial charge in [0.25, 0.3) is 0 Å². The number of anilines is 1. The van der Waals surface area contributed by atoms with Crippen molar-refractivity contribution >= 4 is 33.5 Å². The number of thioether (sulfide) groups is 1. The van der Waals surface area contributed by atoms with Crippen LogP contribution in [0.5, 0.6) is 0 Å². The molecule has 0 aliphatic carbocycles. The molecule has 0 bridgehead atoms. The molecule has 2 rings (SSSR count). The van der Waals surface area contributed by atoms with E-state index < -0.39 is 0 Å². The number of hydrogen-bond donors (Lipinski definition) is 1. The van der Waals surface area contributed by atoms with Crippen LogP contribution in [-0.2, 0) is 5.75 Å². The van der Waals surface area contributed by atoms with Gasteiger partial charge in [0.1, 0.15) is 17.2 Å². The van der Waals surface area contributed by atoms with Crippen LogP contribution in [0.25, 0.3) is 0 Å². The van der Waals surface area contributed by atoms with Crippen LogP contribution in [0, 0.1) is 13.8 Å². The lowest BCUT2D eigenvalue weighted by Crippen LogP contribution is -1.96. The third-order valence-corrected chi connectivity index (χ3v) is 4.73. The minimum Gasteiger partial charge on any atom is -0.372 e. The smallest absolute Gasteiger partial charge is 0.144 e. The summed E-state index contributed by atoms with van der Waals surface area (Å²) in [5.41, 5.74) is 3.92. The summed E-state index contributed by atoms with van der Waals surface area (Å²) in [4.78, 5) is 8.47. The predicted octanol–water partition coefficient (Wildman–Crippen LogP) is 4.19. The Kier molecular flexibility index (Phi) is 4.82. The highest BCUT2D eigenvalue weighted by molar-refractivity contribution is 9.10. The van der Waals surface area contributed by atoms with Crippen LogP contribution < -0.4 is 5.32 Å². The first-order valence-corrected chi connectivity index (χ1v) is 7.76. The van der Waals surface area contributed by atoms with E-state index in [1.807, 2.05) is 7.05 Å². The molecule has 5 heteroatoms. The average molecular weight is 338 g/mol. The van der Waals surface area contributed by atoms with Crippen molar-refractivity contribution in [3.05, 3.63) is 45.7 Å². The Morgan fingerprint density at radius 1 is 1.16 bits per heavy atom. The van der Waals surface area contributed by atoms with Gasteiger partial charge in [-0.2, -0.15) is 0 Å². The molecule has 0 amide bonds. The van der Waals surface area contributed by atoms with Crippen LogP contribution in [0.3, 0.4) is 0 Å². The van der Waals surface area contributed by atoms with Gasteiger partial charge in [-0.25, -0.2) is 9.97 Å². The molecule has 1 N–H and O–H groups in total. The molecule has 1 aromatic carbocycles. The zero-order valence-electron chi connectivity index (χ0n) is 11.2. The number of rotatable bonds is 4. The molecule has 0 atom stereocenters. The van der Waals surface area contributed by atoms with E-state index in [0.717, 1.165) is 21.1 Å². The van der Waals surface area contributed by atoms with Gasteiger partial charge in [0.05, 0.1) is 4.47 Å². The van der Waals surface area contributed by atoms with E-state index in [9.17, 15) is 0 Å². The topological polar surface area (TPSA) is 37.8 Å². The van der Waals surface area contributed by atoms with Gasteiger partial charge in [-0.15, -0.1) is 11.8 Å². The van der Waals surface area contributed by atoms with E-state index in [-0.39, 0.29) is 0 Å². The molecular formula is C14H16BrN3S. The van der Waals surface area contributed by atoms with Crippen molar-refractivity contribution in [1.29, 1.82) is 0 Å². The summed E-state index contributed by atoms with van der Waals surface area (Å²) in [6.07, 6.45) is 1.58. The Balaban J connectivity index is 2.14. The summed E-state index contributed by atoms with van der Waals surface area (Å²) >= 11 is 5.24. The largest absolute Gasteiger partial charge is 0.372 e. The zero-order valence-corrected chi connectivity index (χ0v) is 13.6. The number of hydrogen-bond acceptors (Lipinski definition) is 4. The first-order chi connectivity index (χ1) is 9.10. The summed E-state index contributed by atoms with van der Waals surface area (Å²) in [6, 6.07) is 6.62. The van der Waals surface area contributed by atoms with Gasteiger partial charge in [0, 0.05) is 12.8 Å². The molecule has 0 fully saturated rings. The lowest BCUT2D eigenvalue weighted by molar-refractivity contribution is 1.02. The second kappa shape index (κ2) is 6.39. The second-order valence-corrected chi connectivity index (χ2v) is 6.13. The minimum atomic E-state index is 0.818. The van der Waals surface area contributed by atoms with Crippen molar-refractivity contribution in [2.75, 3.05) is 12.4 Å². The van der Waals surface area contributed by atoms with Crippen molar-refractivity contribution in [2.45, 2.75) is 24.6 Å². The van der Waals surface area contributed by atoms with Gasteiger partial charge in [0.15, 0.2) is 0 Å². The maximum atomic E-state index is 4.31. The summed E-state index contributed by atoms with van der Waals surface area (Å²) in [5, 5.41) is 4.00. The molecule has 0 radical (unpaired) electrons. The van der Waals surface area contributed by atoms with Gasteiger partial charge in [-0.1, -0.05) is 29.3 Å². The van der Waals surface area contributed by atoms with Gasteiger partial charge in [-0.3, -0.25) is 0 Å². The first kappa shape index (κ1) is 14.3. The minimum absolute atomic E-state index is 0.818. The van der Waals surface area contributed by atoms with E-state index in [1.54, 1.807) is 18.1 Å². The van der Waals surface area contributed by atoms with Gasteiger partial charge < -0.3 is 5.32 Å². The van der Waals surface area contributed by atoms with Crippen molar-refractivity contribution in [3.63, 3.8) is 0 Å². The lowest BCUT2D eigenvalue weighted by Gasteiger charge is -2.08. The first-order valence-electron chi connectivity index (χ1n) is 5.98. The van der Waals surface area contributed by atoms with Crippen LogP contribution >= 0.6 is 27.7 Å². The monoisotopic (exact) mass is 337 g/mol. The number of halogens is 1. The predicted molar refractivity (Wildman–Crippen MR) is 84.8 cm³/mol. The number of benzene rings is 1. The standard InChI is InChI=1S/C14H16BrN3S/c1-9-4-10(2)6-11(5-9)7-19-14-12(15)13(16-3)17-8-18-14/h4-6,8H,7H2,1-3H3,(H,16,17,18). The van der Waals surface area contributed by atoms with Crippen LogP contribution in [0.15, 0.2) is 34.0 Å². The van der Waals surface area contributed by atoms with E-state index >= 15 is 0 Å². The summed E-state index contributed by atoms with van der Waals surface area (Å²) in [5.74, 6) is 1.72. The molecule has 3 nitrogen and oxygen atoms in total.